The fraction of sp³-hybridized carbons (Fsp3) is 0.588. The lowest BCUT2D eigenvalue weighted by Gasteiger charge is -2.37. The largest absolute Gasteiger partial charge is 0.381 e. The molecule has 2 aliphatic heterocycles. The molecule has 0 aliphatic carbocycles. The van der Waals surface area contributed by atoms with Crippen LogP contribution in [-0.2, 0) is 9.47 Å². The highest BCUT2D eigenvalue weighted by Gasteiger charge is 2.32. The zero-order chi connectivity index (χ0) is 16.9. The third-order valence-electron chi connectivity index (χ3n) is 4.69. The van der Waals surface area contributed by atoms with Crippen LogP contribution in [0.2, 0.25) is 0 Å². The minimum atomic E-state index is -0.848. The Morgan fingerprint density at radius 2 is 1.92 bits per heavy atom. The molecule has 1 aromatic rings. The average molecular weight is 340 g/mol. The van der Waals surface area contributed by atoms with E-state index in [1.807, 2.05) is 0 Å². The molecule has 1 N–H and O–H groups in total. The molecule has 1 aromatic carbocycles. The Bertz CT molecular complexity index is 553. The normalized spacial score (nSPS) is 23.2. The van der Waals surface area contributed by atoms with E-state index < -0.39 is 23.1 Å². The second-order valence-electron chi connectivity index (χ2n) is 6.15. The lowest BCUT2D eigenvalue weighted by atomic mass is 9.96. The SMILES string of the molecule is O=C(NC[C@@H]([C@@H]1CCOC1)N1CCOCC1)c1c(F)cccc1F. The van der Waals surface area contributed by atoms with Crippen molar-refractivity contribution < 1.29 is 23.0 Å². The van der Waals surface area contributed by atoms with E-state index in [9.17, 15) is 13.6 Å². The molecule has 2 saturated heterocycles. The number of nitrogens with one attached hydrogen (secondary N) is 1. The van der Waals surface area contributed by atoms with Crippen molar-refractivity contribution in [3.8, 4) is 0 Å². The Hall–Kier alpha value is -1.57. The van der Waals surface area contributed by atoms with Gasteiger partial charge < -0.3 is 14.8 Å². The summed E-state index contributed by atoms with van der Waals surface area (Å²) in [6, 6.07) is 3.49. The molecule has 24 heavy (non-hydrogen) atoms. The maximum atomic E-state index is 13.7. The number of benzene rings is 1. The van der Waals surface area contributed by atoms with Gasteiger partial charge in [0.25, 0.3) is 5.91 Å². The third kappa shape index (κ3) is 3.91. The third-order valence-corrected chi connectivity index (χ3v) is 4.69. The first-order valence-corrected chi connectivity index (χ1v) is 8.28. The monoisotopic (exact) mass is 340 g/mol. The van der Waals surface area contributed by atoms with E-state index in [-0.39, 0.29) is 6.04 Å². The van der Waals surface area contributed by atoms with Crippen LogP contribution in [0.5, 0.6) is 0 Å². The first kappa shape index (κ1) is 17.3. The van der Waals surface area contributed by atoms with Gasteiger partial charge in [0.15, 0.2) is 0 Å². The van der Waals surface area contributed by atoms with Crippen molar-refractivity contribution in [2.24, 2.45) is 5.92 Å². The molecule has 3 rings (SSSR count). The van der Waals surface area contributed by atoms with Crippen molar-refractivity contribution in [2.75, 3.05) is 46.1 Å². The second kappa shape index (κ2) is 8.00. The van der Waals surface area contributed by atoms with Crippen LogP contribution in [-0.4, -0.2) is 62.9 Å². The number of amides is 1. The molecule has 132 valence electrons. The molecule has 0 saturated carbocycles. The minimum Gasteiger partial charge on any atom is -0.381 e. The summed E-state index contributed by atoms with van der Waals surface area (Å²) in [7, 11) is 0. The number of hydrogen-bond donors (Lipinski definition) is 1. The molecule has 2 fully saturated rings. The van der Waals surface area contributed by atoms with Gasteiger partial charge in [-0.2, -0.15) is 0 Å². The summed E-state index contributed by atoms with van der Waals surface area (Å²) < 4.78 is 38.3. The highest BCUT2D eigenvalue weighted by molar-refractivity contribution is 5.94. The summed E-state index contributed by atoms with van der Waals surface area (Å²) in [6.07, 6.45) is 0.923. The van der Waals surface area contributed by atoms with Crippen molar-refractivity contribution in [3.63, 3.8) is 0 Å². The van der Waals surface area contributed by atoms with Gasteiger partial charge in [-0.25, -0.2) is 8.78 Å². The molecule has 7 heteroatoms. The Morgan fingerprint density at radius 3 is 2.54 bits per heavy atom. The predicted molar refractivity (Wildman–Crippen MR) is 83.8 cm³/mol. The van der Waals surface area contributed by atoms with Crippen LogP contribution >= 0.6 is 0 Å². The maximum absolute atomic E-state index is 13.7. The Morgan fingerprint density at radius 1 is 1.21 bits per heavy atom. The van der Waals surface area contributed by atoms with Crippen LogP contribution in [0.25, 0.3) is 0 Å². The Balaban J connectivity index is 1.67. The number of carbonyl (C=O) groups excluding carboxylic acids is 1. The molecule has 5 nitrogen and oxygen atoms in total. The number of rotatable bonds is 5. The fourth-order valence-electron chi connectivity index (χ4n) is 3.36. The van der Waals surface area contributed by atoms with Crippen molar-refractivity contribution in [1.29, 1.82) is 0 Å². The van der Waals surface area contributed by atoms with Crippen LogP contribution in [0, 0.1) is 17.6 Å². The van der Waals surface area contributed by atoms with Gasteiger partial charge >= 0.3 is 0 Å². The second-order valence-corrected chi connectivity index (χ2v) is 6.15. The van der Waals surface area contributed by atoms with Gasteiger partial charge in [0.05, 0.1) is 19.8 Å². The minimum absolute atomic E-state index is 0.0789. The van der Waals surface area contributed by atoms with Crippen LogP contribution in [0.4, 0.5) is 8.78 Å². The quantitative estimate of drug-likeness (QED) is 0.881. The smallest absolute Gasteiger partial charge is 0.257 e. The Labute approximate surface area is 139 Å². The van der Waals surface area contributed by atoms with Crippen LogP contribution in [0.1, 0.15) is 16.8 Å². The molecular formula is C17H22F2N2O3. The van der Waals surface area contributed by atoms with Gasteiger partial charge in [-0.05, 0) is 18.6 Å². The van der Waals surface area contributed by atoms with Gasteiger partial charge in [0.1, 0.15) is 17.2 Å². The molecule has 0 radical (unpaired) electrons. The molecule has 0 unspecified atom stereocenters. The first-order valence-electron chi connectivity index (χ1n) is 8.28. The van der Waals surface area contributed by atoms with E-state index >= 15 is 0 Å². The topological polar surface area (TPSA) is 50.8 Å². The van der Waals surface area contributed by atoms with Crippen molar-refractivity contribution in [3.05, 3.63) is 35.4 Å². The van der Waals surface area contributed by atoms with Crippen molar-refractivity contribution in [1.82, 2.24) is 10.2 Å². The van der Waals surface area contributed by atoms with Gasteiger partial charge in [0, 0.05) is 38.2 Å². The van der Waals surface area contributed by atoms with Crippen molar-refractivity contribution in [2.45, 2.75) is 12.5 Å². The van der Waals surface area contributed by atoms with Crippen LogP contribution in [0.3, 0.4) is 0 Å². The predicted octanol–water partition coefficient (Wildman–Crippen LogP) is 1.43. The maximum Gasteiger partial charge on any atom is 0.257 e. The van der Waals surface area contributed by atoms with E-state index in [4.69, 9.17) is 9.47 Å². The van der Waals surface area contributed by atoms with Gasteiger partial charge in [0.2, 0.25) is 0 Å². The summed E-state index contributed by atoms with van der Waals surface area (Å²) in [5, 5.41) is 2.70. The van der Waals surface area contributed by atoms with Crippen molar-refractivity contribution >= 4 is 5.91 Å². The van der Waals surface area contributed by atoms with Gasteiger partial charge in [-0.15, -0.1) is 0 Å². The zero-order valence-electron chi connectivity index (χ0n) is 13.5. The molecule has 0 spiro atoms. The molecule has 2 heterocycles. The fourth-order valence-corrected chi connectivity index (χ4v) is 3.36. The number of halogens is 2. The van der Waals surface area contributed by atoms with Crippen LogP contribution in [0.15, 0.2) is 18.2 Å². The number of hydrogen-bond acceptors (Lipinski definition) is 4. The lowest BCUT2D eigenvalue weighted by Crippen LogP contribution is -2.52. The summed E-state index contributed by atoms with van der Waals surface area (Å²) in [5.41, 5.74) is -0.527. The molecule has 0 aromatic heterocycles. The highest BCUT2D eigenvalue weighted by Crippen LogP contribution is 2.22. The van der Waals surface area contributed by atoms with Gasteiger partial charge in [-0.1, -0.05) is 6.07 Å². The number of nitrogens with zero attached hydrogens (tertiary/aromatic N) is 1. The summed E-state index contributed by atoms with van der Waals surface area (Å²) >= 11 is 0. The van der Waals surface area contributed by atoms with E-state index in [0.29, 0.717) is 38.9 Å². The summed E-state index contributed by atoms with van der Waals surface area (Å²) in [5.74, 6) is -2.11. The average Bonchev–Trinajstić information content (AvgIpc) is 3.10. The molecule has 0 bridgehead atoms. The number of carbonyl (C=O) groups is 1. The zero-order valence-corrected chi connectivity index (χ0v) is 13.5. The lowest BCUT2D eigenvalue weighted by molar-refractivity contribution is 0.00165. The van der Waals surface area contributed by atoms with E-state index in [2.05, 4.69) is 10.2 Å². The van der Waals surface area contributed by atoms with Gasteiger partial charge in [-0.3, -0.25) is 9.69 Å². The van der Waals surface area contributed by atoms with E-state index in [1.54, 1.807) is 0 Å². The Kier molecular flexibility index (Phi) is 5.76. The summed E-state index contributed by atoms with van der Waals surface area (Å²) in [6.45, 7) is 4.56. The van der Waals surface area contributed by atoms with Crippen LogP contribution < -0.4 is 5.32 Å². The molecule has 1 amide bonds. The molecule has 2 aliphatic rings. The molecular weight excluding hydrogens is 318 g/mol. The highest BCUT2D eigenvalue weighted by atomic mass is 19.1. The molecule has 2 atom stereocenters. The number of morpholine rings is 1. The standard InChI is InChI=1S/C17H22F2N2O3/c18-13-2-1-3-14(19)16(13)17(22)20-10-15(12-4-7-24-11-12)21-5-8-23-9-6-21/h1-3,12,15H,4-11H2,(H,20,22)/t12-,15+/m1/s1. The number of ether oxygens (including phenoxy) is 2. The van der Waals surface area contributed by atoms with E-state index in [1.165, 1.54) is 6.07 Å². The summed E-state index contributed by atoms with van der Waals surface area (Å²) in [4.78, 5) is 14.5. The van der Waals surface area contributed by atoms with E-state index in [0.717, 1.165) is 31.6 Å². The first-order chi connectivity index (χ1) is 11.7.